The van der Waals surface area contributed by atoms with Gasteiger partial charge in [-0.2, -0.15) is 0 Å². The van der Waals surface area contributed by atoms with Gasteiger partial charge in [0.1, 0.15) is 0 Å². The third-order valence-electron chi connectivity index (χ3n) is 4.12. The Morgan fingerprint density at radius 3 is 2.64 bits per heavy atom. The molecule has 1 fully saturated rings. The van der Waals surface area contributed by atoms with Crippen molar-refractivity contribution in [2.45, 2.75) is 6.61 Å². The summed E-state index contributed by atoms with van der Waals surface area (Å²) in [7, 11) is 3.70. The fourth-order valence-electron chi connectivity index (χ4n) is 2.87. The molecule has 1 aromatic heterocycles. The Hall–Kier alpha value is -1.56. The van der Waals surface area contributed by atoms with E-state index >= 15 is 0 Å². The number of nitrogens with one attached hydrogen (secondary N) is 1. The number of halogens is 1. The third-order valence-corrected chi connectivity index (χ3v) is 4.33. The molecule has 1 aliphatic rings. The van der Waals surface area contributed by atoms with E-state index in [1.807, 2.05) is 18.2 Å². The van der Waals surface area contributed by atoms with E-state index in [2.05, 4.69) is 21.8 Å². The molecule has 5 nitrogen and oxygen atoms in total. The van der Waals surface area contributed by atoms with E-state index in [0.29, 0.717) is 17.2 Å². The van der Waals surface area contributed by atoms with Gasteiger partial charge in [0.05, 0.1) is 17.8 Å². The van der Waals surface area contributed by atoms with Crippen molar-refractivity contribution < 1.29 is 4.74 Å². The van der Waals surface area contributed by atoms with E-state index in [0.717, 1.165) is 42.8 Å². The first kappa shape index (κ1) is 15.3. The number of aromatic amines is 1. The largest absolute Gasteiger partial charge is 0.380 e. The molecular weight excluding hydrogens is 302 g/mol. The molecule has 0 spiro atoms. The Balaban J connectivity index is 2.09. The summed E-state index contributed by atoms with van der Waals surface area (Å²) >= 11 is 6.28. The molecule has 1 aromatic carbocycles. The highest BCUT2D eigenvalue weighted by Gasteiger charge is 2.18. The number of nitrogens with zero attached hydrogens (tertiary/aromatic N) is 2. The van der Waals surface area contributed by atoms with Crippen molar-refractivity contribution in [2.24, 2.45) is 0 Å². The van der Waals surface area contributed by atoms with Gasteiger partial charge in [-0.1, -0.05) is 11.6 Å². The SMILES string of the molecule is COCc1cc2cc(Cl)cc(N3CCN(C)CC3)c2[nH]c1=O. The minimum atomic E-state index is -0.105. The van der Waals surface area contributed by atoms with Crippen LogP contribution in [0.4, 0.5) is 5.69 Å². The highest BCUT2D eigenvalue weighted by molar-refractivity contribution is 6.31. The second-order valence-electron chi connectivity index (χ2n) is 5.74. The average Bonchev–Trinajstić information content (AvgIpc) is 2.49. The van der Waals surface area contributed by atoms with Crippen LogP contribution in [-0.2, 0) is 11.3 Å². The molecule has 1 saturated heterocycles. The molecule has 1 N–H and O–H groups in total. The number of ether oxygens (including phenoxy) is 1. The van der Waals surface area contributed by atoms with E-state index < -0.39 is 0 Å². The van der Waals surface area contributed by atoms with Crippen LogP contribution in [0.15, 0.2) is 23.0 Å². The molecule has 118 valence electrons. The minimum Gasteiger partial charge on any atom is -0.380 e. The molecule has 1 aliphatic heterocycles. The molecule has 0 aliphatic carbocycles. The van der Waals surface area contributed by atoms with Crippen molar-refractivity contribution in [3.63, 3.8) is 0 Å². The van der Waals surface area contributed by atoms with E-state index in [1.165, 1.54) is 0 Å². The van der Waals surface area contributed by atoms with Gasteiger partial charge in [-0.15, -0.1) is 0 Å². The maximum Gasteiger partial charge on any atom is 0.254 e. The lowest BCUT2D eigenvalue weighted by Gasteiger charge is -2.34. The lowest BCUT2D eigenvalue weighted by atomic mass is 10.1. The van der Waals surface area contributed by atoms with Crippen molar-refractivity contribution in [1.29, 1.82) is 0 Å². The van der Waals surface area contributed by atoms with Crippen LogP contribution >= 0.6 is 11.6 Å². The maximum absolute atomic E-state index is 12.2. The fraction of sp³-hybridized carbons (Fsp3) is 0.438. The number of aromatic nitrogens is 1. The quantitative estimate of drug-likeness (QED) is 0.940. The Bertz CT molecular complexity index is 736. The number of hydrogen-bond acceptors (Lipinski definition) is 4. The average molecular weight is 322 g/mol. The van der Waals surface area contributed by atoms with Crippen LogP contribution in [0.1, 0.15) is 5.56 Å². The number of benzene rings is 1. The number of pyridine rings is 1. The topological polar surface area (TPSA) is 48.6 Å². The number of fused-ring (bicyclic) bond motifs is 1. The molecule has 0 radical (unpaired) electrons. The number of methoxy groups -OCH3 is 1. The molecule has 0 saturated carbocycles. The van der Waals surface area contributed by atoms with Crippen molar-refractivity contribution in [2.75, 3.05) is 45.2 Å². The van der Waals surface area contributed by atoms with Gasteiger partial charge in [0.2, 0.25) is 0 Å². The number of H-pyrrole nitrogens is 1. The zero-order valence-corrected chi connectivity index (χ0v) is 13.6. The van der Waals surface area contributed by atoms with Crippen molar-refractivity contribution >= 4 is 28.2 Å². The number of rotatable bonds is 3. The summed E-state index contributed by atoms with van der Waals surface area (Å²) in [5.41, 5.74) is 2.35. The molecule has 2 aromatic rings. The monoisotopic (exact) mass is 321 g/mol. The van der Waals surface area contributed by atoms with Gasteiger partial charge in [-0.25, -0.2) is 0 Å². The van der Waals surface area contributed by atoms with E-state index in [4.69, 9.17) is 16.3 Å². The summed E-state index contributed by atoms with van der Waals surface area (Å²) in [5, 5.41) is 1.62. The van der Waals surface area contributed by atoms with Crippen LogP contribution in [0.2, 0.25) is 5.02 Å². The van der Waals surface area contributed by atoms with E-state index in [9.17, 15) is 4.79 Å². The van der Waals surface area contributed by atoms with Crippen molar-refractivity contribution in [3.8, 4) is 0 Å². The van der Waals surface area contributed by atoms with Crippen molar-refractivity contribution in [1.82, 2.24) is 9.88 Å². The molecule has 0 unspecified atom stereocenters. The zero-order chi connectivity index (χ0) is 15.7. The van der Waals surface area contributed by atoms with E-state index in [1.54, 1.807) is 7.11 Å². The van der Waals surface area contributed by atoms with Crippen LogP contribution in [0.3, 0.4) is 0 Å². The molecule has 0 atom stereocenters. The minimum absolute atomic E-state index is 0.105. The summed E-state index contributed by atoms with van der Waals surface area (Å²) in [6.07, 6.45) is 0. The van der Waals surface area contributed by atoms with Crippen LogP contribution < -0.4 is 10.5 Å². The number of piperazine rings is 1. The summed E-state index contributed by atoms with van der Waals surface area (Å²) in [6, 6.07) is 5.68. The summed E-state index contributed by atoms with van der Waals surface area (Å²) in [5.74, 6) is 0. The molecule has 22 heavy (non-hydrogen) atoms. The summed E-state index contributed by atoms with van der Waals surface area (Å²) < 4.78 is 5.08. The first-order chi connectivity index (χ1) is 10.6. The van der Waals surface area contributed by atoms with Gasteiger partial charge >= 0.3 is 0 Å². The summed E-state index contributed by atoms with van der Waals surface area (Å²) in [4.78, 5) is 19.8. The van der Waals surface area contributed by atoms with Gasteiger partial charge in [-0.05, 0) is 25.2 Å². The predicted octanol–water partition coefficient (Wildman–Crippen LogP) is 2.08. The van der Waals surface area contributed by atoms with Crippen LogP contribution in [0.25, 0.3) is 10.9 Å². The highest BCUT2D eigenvalue weighted by Crippen LogP contribution is 2.30. The maximum atomic E-state index is 12.2. The van der Waals surface area contributed by atoms with Crippen LogP contribution in [0.5, 0.6) is 0 Å². The first-order valence-electron chi connectivity index (χ1n) is 7.36. The fourth-order valence-corrected chi connectivity index (χ4v) is 3.09. The Morgan fingerprint density at radius 1 is 1.23 bits per heavy atom. The zero-order valence-electron chi connectivity index (χ0n) is 12.9. The van der Waals surface area contributed by atoms with Gasteiger partial charge in [0.15, 0.2) is 0 Å². The molecule has 0 amide bonds. The third kappa shape index (κ3) is 2.97. The summed E-state index contributed by atoms with van der Waals surface area (Å²) in [6.45, 7) is 4.14. The highest BCUT2D eigenvalue weighted by atomic mass is 35.5. The number of anilines is 1. The molecular formula is C16H20ClN3O2. The second kappa shape index (κ2) is 6.28. The van der Waals surface area contributed by atoms with Crippen LogP contribution in [-0.4, -0.2) is 50.2 Å². The Labute approximate surface area is 134 Å². The van der Waals surface area contributed by atoms with Gasteiger partial charge < -0.3 is 19.5 Å². The normalized spacial score (nSPS) is 16.4. The number of hydrogen-bond donors (Lipinski definition) is 1. The number of likely N-dealkylation sites (N-methyl/N-ethyl adjacent to an activating group) is 1. The molecule has 2 heterocycles. The first-order valence-corrected chi connectivity index (χ1v) is 7.74. The molecule has 0 bridgehead atoms. The van der Waals surface area contributed by atoms with E-state index in [-0.39, 0.29) is 5.56 Å². The van der Waals surface area contributed by atoms with Gasteiger partial charge in [0.25, 0.3) is 5.56 Å². The molecule has 3 rings (SSSR count). The smallest absolute Gasteiger partial charge is 0.254 e. The van der Waals surface area contributed by atoms with Gasteiger partial charge in [-0.3, -0.25) is 4.79 Å². The van der Waals surface area contributed by atoms with Crippen LogP contribution in [0, 0.1) is 0 Å². The van der Waals surface area contributed by atoms with Gasteiger partial charge in [0, 0.05) is 49.3 Å². The Kier molecular flexibility index (Phi) is 4.38. The second-order valence-corrected chi connectivity index (χ2v) is 6.17. The Morgan fingerprint density at radius 2 is 1.95 bits per heavy atom. The van der Waals surface area contributed by atoms with Crippen molar-refractivity contribution in [3.05, 3.63) is 39.1 Å². The predicted molar refractivity (Wildman–Crippen MR) is 90.0 cm³/mol. The lowest BCUT2D eigenvalue weighted by molar-refractivity contribution is 0.184. The standard InChI is InChI=1S/C16H20ClN3O2/c1-19-3-5-20(6-4-19)14-9-13(17)8-11-7-12(10-22-2)16(21)18-15(11)14/h7-9H,3-6,10H2,1-2H3,(H,18,21). The molecule has 6 heteroatoms. The lowest BCUT2D eigenvalue weighted by Crippen LogP contribution is -2.44.